The Bertz CT molecular complexity index is 930. The molecule has 8 nitrogen and oxygen atoms in total. The van der Waals surface area contributed by atoms with Gasteiger partial charge in [0.25, 0.3) is 0 Å². The predicted octanol–water partition coefficient (Wildman–Crippen LogP) is 3.43. The molecule has 0 spiro atoms. The van der Waals surface area contributed by atoms with E-state index in [0.29, 0.717) is 0 Å². The number of esters is 1. The Morgan fingerprint density at radius 1 is 1.09 bits per heavy atom. The highest BCUT2D eigenvalue weighted by Gasteiger charge is 2.44. The number of rotatable bonds is 10. The standard InChI is InChI=1S/C25H29NO7/c1-18(27)32-22(14-26-31-16-20-12-8-5-9-13-20)24(29-15-19-10-6-4-7-11-19)23-21(28)17-30-25(2,3)33-23/h4-14,22-24H,15-17H2,1-3H3/b26-14+/t22-,23-,24-/m1/s1. The topological polar surface area (TPSA) is 92.7 Å². The SMILES string of the molecule is CC(=O)O[C@H](/C=N/OCc1ccccc1)[C@@H](OCc1ccccc1)[C@@H]1OC(C)(C)OCC1=O. The van der Waals surface area contributed by atoms with Crippen LogP contribution in [0.4, 0.5) is 0 Å². The van der Waals surface area contributed by atoms with Gasteiger partial charge in [0.05, 0.1) is 12.8 Å². The molecule has 0 amide bonds. The second-order valence-electron chi connectivity index (χ2n) is 8.04. The van der Waals surface area contributed by atoms with E-state index < -0.39 is 30.1 Å². The van der Waals surface area contributed by atoms with Gasteiger partial charge < -0.3 is 23.8 Å². The highest BCUT2D eigenvalue weighted by Crippen LogP contribution is 2.26. The van der Waals surface area contributed by atoms with E-state index in [1.807, 2.05) is 60.7 Å². The second kappa shape index (κ2) is 11.7. The highest BCUT2D eigenvalue weighted by atomic mass is 16.7. The summed E-state index contributed by atoms with van der Waals surface area (Å²) in [5, 5.41) is 3.97. The van der Waals surface area contributed by atoms with Crippen molar-refractivity contribution in [3.8, 4) is 0 Å². The molecule has 2 aromatic rings. The lowest BCUT2D eigenvalue weighted by molar-refractivity contribution is -0.279. The molecule has 0 bridgehead atoms. The fraction of sp³-hybridized carbons (Fsp3) is 0.400. The number of nitrogens with zero attached hydrogens (tertiary/aromatic N) is 1. The maximum Gasteiger partial charge on any atom is 0.303 e. The first kappa shape index (κ1) is 24.6. The van der Waals surface area contributed by atoms with Crippen molar-refractivity contribution >= 4 is 18.0 Å². The van der Waals surface area contributed by atoms with Crippen molar-refractivity contribution < 1.29 is 33.4 Å². The summed E-state index contributed by atoms with van der Waals surface area (Å²) < 4.78 is 22.9. The molecule has 0 aromatic heterocycles. The Morgan fingerprint density at radius 3 is 2.30 bits per heavy atom. The van der Waals surface area contributed by atoms with E-state index in [9.17, 15) is 9.59 Å². The van der Waals surface area contributed by atoms with Gasteiger partial charge >= 0.3 is 5.97 Å². The van der Waals surface area contributed by atoms with Crippen molar-refractivity contribution in [3.63, 3.8) is 0 Å². The number of benzene rings is 2. The first-order valence-corrected chi connectivity index (χ1v) is 10.7. The lowest BCUT2D eigenvalue weighted by Crippen LogP contribution is -2.56. The van der Waals surface area contributed by atoms with Crippen LogP contribution in [-0.2, 0) is 46.6 Å². The van der Waals surface area contributed by atoms with Gasteiger partial charge in [-0.25, -0.2) is 0 Å². The van der Waals surface area contributed by atoms with E-state index in [1.165, 1.54) is 13.1 Å². The van der Waals surface area contributed by atoms with E-state index in [2.05, 4.69) is 5.16 Å². The Labute approximate surface area is 193 Å². The van der Waals surface area contributed by atoms with Crippen molar-refractivity contribution in [2.24, 2.45) is 5.16 Å². The minimum absolute atomic E-state index is 0.142. The van der Waals surface area contributed by atoms with Gasteiger partial charge in [0.2, 0.25) is 0 Å². The lowest BCUT2D eigenvalue weighted by atomic mass is 10.0. The second-order valence-corrected chi connectivity index (χ2v) is 8.04. The summed E-state index contributed by atoms with van der Waals surface area (Å²) in [5.41, 5.74) is 1.82. The van der Waals surface area contributed by atoms with Crippen LogP contribution >= 0.6 is 0 Å². The first-order chi connectivity index (χ1) is 15.8. The normalized spacial score (nSPS) is 19.7. The van der Waals surface area contributed by atoms with Crippen molar-refractivity contribution in [2.75, 3.05) is 6.61 Å². The fourth-order valence-electron chi connectivity index (χ4n) is 3.27. The van der Waals surface area contributed by atoms with Crippen LogP contribution in [0, 0.1) is 0 Å². The maximum absolute atomic E-state index is 12.7. The smallest absolute Gasteiger partial charge is 0.303 e. The molecule has 1 aliphatic heterocycles. The van der Waals surface area contributed by atoms with Crippen LogP contribution in [-0.4, -0.2) is 48.7 Å². The van der Waals surface area contributed by atoms with Crippen molar-refractivity contribution in [3.05, 3.63) is 71.8 Å². The van der Waals surface area contributed by atoms with Gasteiger partial charge in [-0.15, -0.1) is 0 Å². The van der Waals surface area contributed by atoms with Crippen LogP contribution in [0.2, 0.25) is 0 Å². The summed E-state index contributed by atoms with van der Waals surface area (Å²) in [6.07, 6.45) is -1.69. The third-order valence-corrected chi connectivity index (χ3v) is 4.86. The first-order valence-electron chi connectivity index (χ1n) is 10.7. The molecule has 1 aliphatic rings. The molecule has 0 unspecified atom stereocenters. The molecule has 1 saturated heterocycles. The third kappa shape index (κ3) is 7.78. The Kier molecular flexibility index (Phi) is 8.71. The molecule has 0 radical (unpaired) electrons. The molecular weight excluding hydrogens is 426 g/mol. The van der Waals surface area contributed by atoms with Gasteiger partial charge in [-0.05, 0) is 25.0 Å². The highest BCUT2D eigenvalue weighted by molar-refractivity contribution is 5.86. The largest absolute Gasteiger partial charge is 0.454 e. The fourth-order valence-corrected chi connectivity index (χ4v) is 3.27. The molecule has 1 heterocycles. The number of ketones is 1. The molecule has 8 heteroatoms. The van der Waals surface area contributed by atoms with E-state index in [0.717, 1.165) is 11.1 Å². The van der Waals surface area contributed by atoms with Crippen molar-refractivity contribution in [1.82, 2.24) is 0 Å². The lowest BCUT2D eigenvalue weighted by Gasteiger charge is -2.39. The van der Waals surface area contributed by atoms with Gasteiger partial charge in [0, 0.05) is 6.92 Å². The molecule has 2 aromatic carbocycles. The van der Waals surface area contributed by atoms with Crippen LogP contribution in [0.3, 0.4) is 0 Å². The van der Waals surface area contributed by atoms with Gasteiger partial charge in [0.15, 0.2) is 23.8 Å². The number of oxime groups is 1. The zero-order valence-corrected chi connectivity index (χ0v) is 19.0. The Hall–Kier alpha value is -3.07. The van der Waals surface area contributed by atoms with Crippen LogP contribution in [0.25, 0.3) is 0 Å². The quantitative estimate of drug-likeness (QED) is 0.308. The zero-order valence-electron chi connectivity index (χ0n) is 19.0. The summed E-state index contributed by atoms with van der Waals surface area (Å²) in [5.74, 6) is -1.88. The average molecular weight is 456 g/mol. The summed E-state index contributed by atoms with van der Waals surface area (Å²) in [4.78, 5) is 29.9. The van der Waals surface area contributed by atoms with Crippen molar-refractivity contribution in [1.29, 1.82) is 0 Å². The monoisotopic (exact) mass is 455 g/mol. The number of Topliss-reactive ketones (excluding diaryl/α,β-unsaturated/α-hetero) is 1. The van der Waals surface area contributed by atoms with Crippen molar-refractivity contribution in [2.45, 2.75) is 58.1 Å². The minimum Gasteiger partial charge on any atom is -0.454 e. The van der Waals surface area contributed by atoms with Gasteiger partial charge in [0.1, 0.15) is 19.3 Å². The molecule has 0 N–H and O–H groups in total. The average Bonchev–Trinajstić information content (AvgIpc) is 2.80. The molecule has 0 aliphatic carbocycles. The zero-order chi connectivity index (χ0) is 23.7. The summed E-state index contributed by atoms with van der Waals surface area (Å²) >= 11 is 0. The third-order valence-electron chi connectivity index (χ3n) is 4.86. The molecule has 0 saturated carbocycles. The summed E-state index contributed by atoms with van der Waals surface area (Å²) in [6, 6.07) is 19.0. The Balaban J connectivity index is 1.79. The number of hydrogen-bond donors (Lipinski definition) is 0. The Morgan fingerprint density at radius 2 is 1.70 bits per heavy atom. The van der Waals surface area contributed by atoms with E-state index in [-0.39, 0.29) is 25.6 Å². The van der Waals surface area contributed by atoms with Crippen LogP contribution < -0.4 is 0 Å². The van der Waals surface area contributed by atoms with Crippen LogP contribution in [0.5, 0.6) is 0 Å². The number of ether oxygens (including phenoxy) is 4. The molecule has 3 rings (SSSR count). The van der Waals surface area contributed by atoms with E-state index in [1.54, 1.807) is 13.8 Å². The predicted molar refractivity (Wildman–Crippen MR) is 120 cm³/mol. The molecule has 3 atom stereocenters. The maximum atomic E-state index is 12.7. The van der Waals surface area contributed by atoms with E-state index in [4.69, 9.17) is 23.8 Å². The number of hydrogen-bond acceptors (Lipinski definition) is 8. The number of carbonyl (C=O) groups is 2. The molecule has 176 valence electrons. The van der Waals surface area contributed by atoms with Gasteiger partial charge in [-0.3, -0.25) is 9.59 Å². The molecule has 33 heavy (non-hydrogen) atoms. The number of carbonyl (C=O) groups excluding carboxylic acids is 2. The summed E-state index contributed by atoms with van der Waals surface area (Å²) in [7, 11) is 0. The van der Waals surface area contributed by atoms with Crippen LogP contribution in [0.15, 0.2) is 65.8 Å². The van der Waals surface area contributed by atoms with E-state index >= 15 is 0 Å². The van der Waals surface area contributed by atoms with Gasteiger partial charge in [-0.2, -0.15) is 0 Å². The van der Waals surface area contributed by atoms with Gasteiger partial charge in [-0.1, -0.05) is 65.8 Å². The molecular formula is C25H29NO7. The summed E-state index contributed by atoms with van der Waals surface area (Å²) in [6.45, 7) is 4.96. The molecule has 1 fully saturated rings. The van der Waals surface area contributed by atoms with Crippen LogP contribution in [0.1, 0.15) is 31.9 Å². The minimum atomic E-state index is -1.03.